The lowest BCUT2D eigenvalue weighted by Gasteiger charge is -2.26. The van der Waals surface area contributed by atoms with Crippen LogP contribution in [0.2, 0.25) is 0 Å². The van der Waals surface area contributed by atoms with E-state index in [2.05, 4.69) is 24.1 Å². The lowest BCUT2D eigenvalue weighted by molar-refractivity contribution is 0.213. The summed E-state index contributed by atoms with van der Waals surface area (Å²) >= 11 is 0. The van der Waals surface area contributed by atoms with E-state index in [9.17, 15) is 0 Å². The van der Waals surface area contributed by atoms with Crippen molar-refractivity contribution in [2.45, 2.75) is 58.0 Å². The van der Waals surface area contributed by atoms with Crippen LogP contribution in [0, 0.1) is 5.92 Å². The lowest BCUT2D eigenvalue weighted by atomic mass is 10.1. The predicted octanol–water partition coefficient (Wildman–Crippen LogP) is 2.25. The van der Waals surface area contributed by atoms with Gasteiger partial charge >= 0.3 is 0 Å². The zero-order chi connectivity index (χ0) is 10.7. The van der Waals surface area contributed by atoms with Gasteiger partial charge in [-0.2, -0.15) is 0 Å². The maximum absolute atomic E-state index is 3.64. The van der Waals surface area contributed by atoms with Crippen LogP contribution >= 0.6 is 0 Å². The summed E-state index contributed by atoms with van der Waals surface area (Å²) in [5.41, 5.74) is 0. The van der Waals surface area contributed by atoms with Gasteiger partial charge in [-0.1, -0.05) is 13.8 Å². The van der Waals surface area contributed by atoms with Crippen LogP contribution < -0.4 is 5.32 Å². The Balaban J connectivity index is 1.65. The van der Waals surface area contributed by atoms with Crippen molar-refractivity contribution >= 4 is 0 Å². The fourth-order valence-corrected chi connectivity index (χ4v) is 2.72. The minimum absolute atomic E-state index is 0.817. The molecule has 0 radical (unpaired) electrons. The molecule has 1 aliphatic heterocycles. The summed E-state index contributed by atoms with van der Waals surface area (Å²) < 4.78 is 0. The Morgan fingerprint density at radius 1 is 1.33 bits per heavy atom. The summed E-state index contributed by atoms with van der Waals surface area (Å²) in [6, 6.07) is 1.75. The quantitative estimate of drug-likeness (QED) is 0.723. The van der Waals surface area contributed by atoms with Crippen molar-refractivity contribution in [1.82, 2.24) is 10.2 Å². The van der Waals surface area contributed by atoms with Gasteiger partial charge in [-0.3, -0.25) is 0 Å². The van der Waals surface area contributed by atoms with Crippen molar-refractivity contribution < 1.29 is 0 Å². The van der Waals surface area contributed by atoms with Crippen molar-refractivity contribution in [1.29, 1.82) is 0 Å². The topological polar surface area (TPSA) is 15.3 Å². The first-order valence-corrected chi connectivity index (χ1v) is 6.77. The minimum Gasteiger partial charge on any atom is -0.314 e. The molecule has 1 N–H and O–H groups in total. The highest BCUT2D eigenvalue weighted by molar-refractivity contribution is 4.83. The minimum atomic E-state index is 0.817. The molecule has 2 unspecified atom stereocenters. The van der Waals surface area contributed by atoms with Crippen molar-refractivity contribution in [3.63, 3.8) is 0 Å². The first-order valence-electron chi connectivity index (χ1n) is 6.77. The highest BCUT2D eigenvalue weighted by Crippen LogP contribution is 2.22. The van der Waals surface area contributed by atoms with Gasteiger partial charge in [-0.15, -0.1) is 0 Å². The number of nitrogens with one attached hydrogen (secondary N) is 1. The average Bonchev–Trinajstić information content (AvgIpc) is 2.96. The number of hydrogen-bond donors (Lipinski definition) is 1. The second-order valence-corrected chi connectivity index (χ2v) is 5.49. The molecular formula is C13H26N2. The van der Waals surface area contributed by atoms with E-state index >= 15 is 0 Å². The van der Waals surface area contributed by atoms with Gasteiger partial charge in [0.25, 0.3) is 0 Å². The van der Waals surface area contributed by atoms with Crippen molar-refractivity contribution in [3.8, 4) is 0 Å². The van der Waals surface area contributed by atoms with Gasteiger partial charge in [0.1, 0.15) is 0 Å². The Kier molecular flexibility index (Phi) is 4.04. The second-order valence-electron chi connectivity index (χ2n) is 5.49. The molecule has 2 heteroatoms. The molecule has 88 valence electrons. The summed E-state index contributed by atoms with van der Waals surface area (Å²) in [6.07, 6.45) is 7.01. The Morgan fingerprint density at radius 3 is 2.80 bits per heavy atom. The predicted molar refractivity (Wildman–Crippen MR) is 65.1 cm³/mol. The van der Waals surface area contributed by atoms with E-state index in [0.29, 0.717) is 0 Å². The lowest BCUT2D eigenvalue weighted by Crippen LogP contribution is -2.36. The third-order valence-corrected chi connectivity index (χ3v) is 3.85. The number of likely N-dealkylation sites (tertiary alicyclic amines) is 1. The van der Waals surface area contributed by atoms with E-state index in [0.717, 1.165) is 18.0 Å². The smallest absolute Gasteiger partial charge is 0.00932 e. The molecule has 1 saturated carbocycles. The van der Waals surface area contributed by atoms with Crippen molar-refractivity contribution in [2.75, 3.05) is 19.6 Å². The highest BCUT2D eigenvalue weighted by Gasteiger charge is 2.25. The van der Waals surface area contributed by atoms with Crippen LogP contribution in [0.25, 0.3) is 0 Å². The molecule has 0 aromatic rings. The third-order valence-electron chi connectivity index (χ3n) is 3.85. The maximum Gasteiger partial charge on any atom is 0.00932 e. The van der Waals surface area contributed by atoms with Crippen molar-refractivity contribution in [3.05, 3.63) is 0 Å². The molecular weight excluding hydrogens is 184 g/mol. The fraction of sp³-hybridized carbons (Fsp3) is 1.00. The molecule has 1 saturated heterocycles. The Bertz CT molecular complexity index is 189. The molecule has 0 aromatic heterocycles. The van der Waals surface area contributed by atoms with Crippen LogP contribution in [-0.2, 0) is 0 Å². The van der Waals surface area contributed by atoms with Crippen LogP contribution in [0.15, 0.2) is 0 Å². The highest BCUT2D eigenvalue weighted by atomic mass is 15.2. The van der Waals surface area contributed by atoms with Crippen LogP contribution in [0.3, 0.4) is 0 Å². The van der Waals surface area contributed by atoms with Gasteiger partial charge < -0.3 is 10.2 Å². The largest absolute Gasteiger partial charge is 0.314 e. The summed E-state index contributed by atoms with van der Waals surface area (Å²) in [5, 5.41) is 3.64. The second kappa shape index (κ2) is 5.31. The molecule has 2 fully saturated rings. The van der Waals surface area contributed by atoms with E-state index < -0.39 is 0 Å². The molecule has 2 aliphatic rings. The maximum atomic E-state index is 3.64. The van der Waals surface area contributed by atoms with Gasteiger partial charge in [-0.05, 0) is 51.1 Å². The number of hydrogen-bond acceptors (Lipinski definition) is 2. The first-order chi connectivity index (χ1) is 7.29. The number of rotatable bonds is 6. The van der Waals surface area contributed by atoms with Crippen LogP contribution in [0.4, 0.5) is 0 Å². The van der Waals surface area contributed by atoms with E-state index in [-0.39, 0.29) is 0 Å². The van der Waals surface area contributed by atoms with Gasteiger partial charge in [0.2, 0.25) is 0 Å². The number of nitrogens with zero attached hydrogens (tertiary/aromatic N) is 1. The van der Waals surface area contributed by atoms with Crippen molar-refractivity contribution in [2.24, 2.45) is 5.92 Å². The standard InChI is InChI=1S/C13H26N2/c1-3-13-5-4-8-15(13)10-11(2)9-14-12-6-7-12/h11-14H,3-10H2,1-2H3. The fourth-order valence-electron chi connectivity index (χ4n) is 2.72. The summed E-state index contributed by atoms with van der Waals surface area (Å²) in [7, 11) is 0. The molecule has 0 aromatic carbocycles. The molecule has 0 spiro atoms. The SMILES string of the molecule is CCC1CCCN1CC(C)CNC1CC1. The monoisotopic (exact) mass is 210 g/mol. The molecule has 1 heterocycles. The average molecular weight is 210 g/mol. The zero-order valence-corrected chi connectivity index (χ0v) is 10.3. The van der Waals surface area contributed by atoms with Gasteiger partial charge in [0.15, 0.2) is 0 Å². The molecule has 0 amide bonds. The molecule has 2 rings (SSSR count). The normalized spacial score (nSPS) is 29.6. The zero-order valence-electron chi connectivity index (χ0n) is 10.3. The van der Waals surface area contributed by atoms with Gasteiger partial charge in [0.05, 0.1) is 0 Å². The third kappa shape index (κ3) is 3.46. The molecule has 0 bridgehead atoms. The van der Waals surface area contributed by atoms with Crippen LogP contribution in [-0.4, -0.2) is 36.6 Å². The molecule has 2 nitrogen and oxygen atoms in total. The van der Waals surface area contributed by atoms with E-state index in [1.807, 2.05) is 0 Å². The summed E-state index contributed by atoms with van der Waals surface area (Å²) in [4.78, 5) is 2.71. The Hall–Kier alpha value is -0.0800. The Morgan fingerprint density at radius 2 is 2.13 bits per heavy atom. The summed E-state index contributed by atoms with van der Waals surface area (Å²) in [6.45, 7) is 8.58. The Labute approximate surface area is 94.4 Å². The van der Waals surface area contributed by atoms with E-state index in [1.54, 1.807) is 0 Å². The summed E-state index contributed by atoms with van der Waals surface area (Å²) in [5.74, 6) is 0.817. The molecule has 2 atom stereocenters. The molecule has 1 aliphatic carbocycles. The van der Waals surface area contributed by atoms with Crippen LogP contribution in [0.1, 0.15) is 46.0 Å². The van der Waals surface area contributed by atoms with E-state index in [4.69, 9.17) is 0 Å². The van der Waals surface area contributed by atoms with Gasteiger partial charge in [-0.25, -0.2) is 0 Å². The van der Waals surface area contributed by atoms with E-state index in [1.165, 1.54) is 51.7 Å². The van der Waals surface area contributed by atoms with Gasteiger partial charge in [0, 0.05) is 18.6 Å². The first kappa shape index (κ1) is 11.4. The van der Waals surface area contributed by atoms with Crippen LogP contribution in [0.5, 0.6) is 0 Å². The molecule has 15 heavy (non-hydrogen) atoms.